The van der Waals surface area contributed by atoms with E-state index in [2.05, 4.69) is 17.6 Å². The van der Waals surface area contributed by atoms with E-state index in [0.29, 0.717) is 0 Å². The van der Waals surface area contributed by atoms with Crippen LogP contribution in [0.3, 0.4) is 0 Å². The Hall–Kier alpha value is -0.410. The lowest BCUT2D eigenvalue weighted by molar-refractivity contribution is 0.435. The van der Waals surface area contributed by atoms with Gasteiger partial charge in [-0.15, -0.1) is 11.3 Å². The van der Waals surface area contributed by atoms with Gasteiger partial charge in [0, 0.05) is 17.7 Å². The first kappa shape index (κ1) is 14.0. The molecule has 18 heavy (non-hydrogen) atoms. The van der Waals surface area contributed by atoms with Crippen LogP contribution in [0.15, 0.2) is 5.38 Å². The van der Waals surface area contributed by atoms with Gasteiger partial charge in [-0.3, -0.25) is 0 Å². The Kier molecular flexibility index (Phi) is 5.64. The Morgan fingerprint density at radius 1 is 1.39 bits per heavy atom. The van der Waals surface area contributed by atoms with Crippen LogP contribution in [0.2, 0.25) is 0 Å². The summed E-state index contributed by atoms with van der Waals surface area (Å²) in [6.45, 7) is 3.38. The van der Waals surface area contributed by atoms with Crippen LogP contribution >= 0.6 is 11.3 Å². The molecular formula is C15H26N2S. The van der Waals surface area contributed by atoms with Gasteiger partial charge < -0.3 is 5.32 Å². The monoisotopic (exact) mass is 266 g/mol. The van der Waals surface area contributed by atoms with Gasteiger partial charge in [0.1, 0.15) is 0 Å². The van der Waals surface area contributed by atoms with E-state index in [1.165, 1.54) is 49.2 Å². The molecule has 1 aliphatic rings. The number of aromatic nitrogens is 1. The van der Waals surface area contributed by atoms with Gasteiger partial charge >= 0.3 is 0 Å². The highest BCUT2D eigenvalue weighted by Gasteiger charge is 2.18. The van der Waals surface area contributed by atoms with Crippen molar-refractivity contribution < 1.29 is 0 Å². The summed E-state index contributed by atoms with van der Waals surface area (Å²) in [7, 11) is 2.04. The molecule has 0 bridgehead atoms. The van der Waals surface area contributed by atoms with Gasteiger partial charge in [0.15, 0.2) is 0 Å². The molecule has 2 nitrogen and oxygen atoms in total. The Bertz CT molecular complexity index is 342. The van der Waals surface area contributed by atoms with Crippen LogP contribution in [-0.4, -0.2) is 18.6 Å². The van der Waals surface area contributed by atoms with Crippen molar-refractivity contribution in [1.82, 2.24) is 10.3 Å². The first-order chi connectivity index (χ1) is 8.83. The van der Waals surface area contributed by atoms with Crippen molar-refractivity contribution in [2.45, 2.75) is 57.8 Å². The largest absolute Gasteiger partial charge is 0.319 e. The zero-order valence-corrected chi connectivity index (χ0v) is 12.6. The summed E-state index contributed by atoms with van der Waals surface area (Å²) >= 11 is 1.87. The maximum absolute atomic E-state index is 4.89. The highest BCUT2D eigenvalue weighted by molar-refractivity contribution is 7.09. The molecule has 102 valence electrons. The molecule has 2 rings (SSSR count). The Morgan fingerprint density at radius 2 is 2.17 bits per heavy atom. The molecule has 1 atom stereocenters. The van der Waals surface area contributed by atoms with Crippen molar-refractivity contribution in [1.29, 1.82) is 0 Å². The first-order valence-electron chi connectivity index (χ1n) is 7.42. The number of thiazole rings is 1. The summed E-state index contributed by atoms with van der Waals surface area (Å²) in [5.41, 5.74) is 1.38. The maximum atomic E-state index is 4.89. The third kappa shape index (κ3) is 3.79. The molecule has 0 aliphatic heterocycles. The van der Waals surface area contributed by atoms with E-state index in [4.69, 9.17) is 4.98 Å². The highest BCUT2D eigenvalue weighted by atomic mass is 32.1. The van der Waals surface area contributed by atoms with E-state index in [9.17, 15) is 0 Å². The number of nitrogens with zero attached hydrogens (tertiary/aromatic N) is 1. The second-order valence-electron chi connectivity index (χ2n) is 5.54. The average molecular weight is 266 g/mol. The number of hydrogen-bond donors (Lipinski definition) is 1. The minimum absolute atomic E-state index is 0.736. The third-order valence-corrected chi connectivity index (χ3v) is 5.02. The van der Waals surface area contributed by atoms with E-state index < -0.39 is 0 Å². The SMILES string of the molecule is CCC(CNC)Cc1nc(C2CCCCC2)cs1. The maximum Gasteiger partial charge on any atom is 0.0931 e. The predicted molar refractivity (Wildman–Crippen MR) is 79.4 cm³/mol. The summed E-state index contributed by atoms with van der Waals surface area (Å²) < 4.78 is 0. The van der Waals surface area contributed by atoms with Crippen molar-refractivity contribution >= 4 is 11.3 Å². The zero-order valence-electron chi connectivity index (χ0n) is 11.7. The van der Waals surface area contributed by atoms with Crippen molar-refractivity contribution in [3.63, 3.8) is 0 Å². The fourth-order valence-electron chi connectivity index (χ4n) is 2.90. The molecular weight excluding hydrogens is 240 g/mol. The van der Waals surface area contributed by atoms with Crippen LogP contribution in [-0.2, 0) is 6.42 Å². The number of rotatable bonds is 6. The van der Waals surface area contributed by atoms with Gasteiger partial charge in [-0.1, -0.05) is 32.6 Å². The molecule has 1 aromatic heterocycles. The summed E-state index contributed by atoms with van der Waals surface area (Å²) in [5.74, 6) is 1.49. The second-order valence-corrected chi connectivity index (χ2v) is 6.48. The Labute approximate surface area is 115 Å². The van der Waals surface area contributed by atoms with Gasteiger partial charge in [-0.2, -0.15) is 0 Å². The minimum atomic E-state index is 0.736. The van der Waals surface area contributed by atoms with Crippen LogP contribution in [0, 0.1) is 5.92 Å². The van der Waals surface area contributed by atoms with Crippen molar-refractivity contribution in [3.05, 3.63) is 16.1 Å². The Morgan fingerprint density at radius 3 is 2.83 bits per heavy atom. The predicted octanol–water partition coefficient (Wildman–Crippen LogP) is 3.98. The van der Waals surface area contributed by atoms with Crippen LogP contribution in [0.4, 0.5) is 0 Å². The van der Waals surface area contributed by atoms with E-state index in [1.54, 1.807) is 0 Å². The van der Waals surface area contributed by atoms with Gasteiger partial charge in [0.05, 0.1) is 10.7 Å². The standard InChI is InChI=1S/C15H26N2S/c1-3-12(10-16-2)9-15-17-14(11-18-15)13-7-5-4-6-8-13/h11-13,16H,3-10H2,1-2H3. The fourth-order valence-corrected chi connectivity index (χ4v) is 3.89. The quantitative estimate of drug-likeness (QED) is 0.842. The lowest BCUT2D eigenvalue weighted by Crippen LogP contribution is -2.20. The van der Waals surface area contributed by atoms with Crippen LogP contribution in [0.5, 0.6) is 0 Å². The van der Waals surface area contributed by atoms with Gasteiger partial charge in [-0.05, 0) is 32.4 Å². The summed E-state index contributed by atoms with van der Waals surface area (Å²) in [6, 6.07) is 0. The van der Waals surface area contributed by atoms with Crippen molar-refractivity contribution in [3.8, 4) is 0 Å². The molecule has 1 aliphatic carbocycles. The molecule has 3 heteroatoms. The molecule has 1 saturated carbocycles. The van der Waals surface area contributed by atoms with Gasteiger partial charge in [0.25, 0.3) is 0 Å². The minimum Gasteiger partial charge on any atom is -0.319 e. The van der Waals surface area contributed by atoms with E-state index >= 15 is 0 Å². The summed E-state index contributed by atoms with van der Waals surface area (Å²) in [6.07, 6.45) is 9.32. The van der Waals surface area contributed by atoms with Gasteiger partial charge in [0.2, 0.25) is 0 Å². The number of nitrogens with one attached hydrogen (secondary N) is 1. The lowest BCUT2D eigenvalue weighted by Gasteiger charge is -2.19. The van der Waals surface area contributed by atoms with E-state index in [0.717, 1.165) is 24.8 Å². The second kappa shape index (κ2) is 7.25. The van der Waals surface area contributed by atoms with Gasteiger partial charge in [-0.25, -0.2) is 4.98 Å². The molecule has 0 aromatic carbocycles. The highest BCUT2D eigenvalue weighted by Crippen LogP contribution is 2.33. The third-order valence-electron chi connectivity index (χ3n) is 4.13. The number of hydrogen-bond acceptors (Lipinski definition) is 3. The first-order valence-corrected chi connectivity index (χ1v) is 8.30. The van der Waals surface area contributed by atoms with Crippen molar-refractivity contribution in [2.24, 2.45) is 5.92 Å². The van der Waals surface area contributed by atoms with Crippen molar-refractivity contribution in [2.75, 3.05) is 13.6 Å². The molecule has 0 saturated heterocycles. The molecule has 1 unspecified atom stereocenters. The molecule has 0 radical (unpaired) electrons. The van der Waals surface area contributed by atoms with Crippen LogP contribution < -0.4 is 5.32 Å². The fraction of sp³-hybridized carbons (Fsp3) is 0.800. The molecule has 1 aromatic rings. The summed E-state index contributed by atoms with van der Waals surface area (Å²) in [4.78, 5) is 4.89. The van der Waals surface area contributed by atoms with Crippen LogP contribution in [0.1, 0.15) is 62.1 Å². The molecule has 0 amide bonds. The molecule has 1 N–H and O–H groups in total. The molecule has 1 fully saturated rings. The summed E-state index contributed by atoms with van der Waals surface area (Å²) in [5, 5.41) is 6.95. The molecule has 1 heterocycles. The average Bonchev–Trinajstić information content (AvgIpc) is 2.88. The van der Waals surface area contributed by atoms with Crippen LogP contribution in [0.25, 0.3) is 0 Å². The zero-order chi connectivity index (χ0) is 12.8. The Balaban J connectivity index is 1.92. The lowest BCUT2D eigenvalue weighted by atomic mass is 9.87. The van der Waals surface area contributed by atoms with E-state index in [-0.39, 0.29) is 0 Å². The normalized spacial score (nSPS) is 19.0. The smallest absolute Gasteiger partial charge is 0.0931 e. The van der Waals surface area contributed by atoms with E-state index in [1.807, 2.05) is 18.4 Å². The molecule has 0 spiro atoms. The topological polar surface area (TPSA) is 24.9 Å².